The number of halogens is 1. The molecule has 1 aliphatic heterocycles. The van der Waals surface area contributed by atoms with Crippen LogP contribution >= 0.6 is 12.4 Å². The van der Waals surface area contributed by atoms with E-state index in [1.54, 1.807) is 0 Å². The van der Waals surface area contributed by atoms with Crippen molar-refractivity contribution >= 4 is 24.1 Å². The summed E-state index contributed by atoms with van der Waals surface area (Å²) < 4.78 is 10.9. The molecule has 0 bridgehead atoms. The van der Waals surface area contributed by atoms with E-state index in [-0.39, 0.29) is 24.4 Å². The average molecular weight is 367 g/mol. The molecule has 3 rings (SSSR count). The number of hydrogen-bond acceptors (Lipinski definition) is 6. The zero-order chi connectivity index (χ0) is 16.9. The molecule has 1 atom stereocenters. The highest BCUT2D eigenvalue weighted by atomic mass is 35.5. The molecule has 1 aliphatic rings. The van der Waals surface area contributed by atoms with Gasteiger partial charge in [0.05, 0.1) is 13.2 Å². The summed E-state index contributed by atoms with van der Waals surface area (Å²) in [5.74, 6) is 0.799. The quantitative estimate of drug-likeness (QED) is 0.836. The fourth-order valence-corrected chi connectivity index (χ4v) is 2.61. The van der Waals surface area contributed by atoms with Crippen LogP contribution in [0.4, 0.5) is 5.82 Å². The second-order valence-electron chi connectivity index (χ2n) is 5.86. The summed E-state index contributed by atoms with van der Waals surface area (Å²) in [6.45, 7) is 4.79. The van der Waals surface area contributed by atoms with Crippen LogP contribution < -0.4 is 16.0 Å². The Bertz CT molecular complexity index is 684. The molecule has 0 radical (unpaired) electrons. The number of nitrogens with one attached hydrogen (secondary N) is 1. The van der Waals surface area contributed by atoms with E-state index in [2.05, 4.69) is 10.5 Å². The van der Waals surface area contributed by atoms with Gasteiger partial charge in [-0.1, -0.05) is 35.5 Å². The summed E-state index contributed by atoms with van der Waals surface area (Å²) >= 11 is 0. The molecule has 0 unspecified atom stereocenters. The van der Waals surface area contributed by atoms with Crippen LogP contribution in [-0.2, 0) is 4.74 Å². The van der Waals surface area contributed by atoms with E-state index in [1.165, 1.54) is 0 Å². The highest BCUT2D eigenvalue weighted by Gasteiger charge is 2.28. The molecule has 0 aliphatic carbocycles. The van der Waals surface area contributed by atoms with Crippen LogP contribution in [0.5, 0.6) is 0 Å². The van der Waals surface area contributed by atoms with Crippen molar-refractivity contribution < 1.29 is 14.1 Å². The largest absolute Gasteiger partial charge is 0.378 e. The molecule has 8 heteroatoms. The van der Waals surface area contributed by atoms with Crippen molar-refractivity contribution in [1.29, 1.82) is 0 Å². The zero-order valence-electron chi connectivity index (χ0n) is 14.1. The maximum absolute atomic E-state index is 12.7. The Morgan fingerprint density at radius 2 is 2.00 bits per heavy atom. The van der Waals surface area contributed by atoms with Gasteiger partial charge in [0.2, 0.25) is 0 Å². The Balaban J connectivity index is 0.00000225. The number of nitrogens with two attached hydrogens (primary N) is 1. The first-order valence-electron chi connectivity index (χ1n) is 8.08. The number of morpholine rings is 1. The highest BCUT2D eigenvalue weighted by Crippen LogP contribution is 2.31. The summed E-state index contributed by atoms with van der Waals surface area (Å²) in [6, 6.07) is 9.38. The summed E-state index contributed by atoms with van der Waals surface area (Å²) in [4.78, 5) is 14.8. The van der Waals surface area contributed by atoms with Gasteiger partial charge in [-0.15, -0.1) is 12.4 Å². The Morgan fingerprint density at radius 3 is 2.64 bits per heavy atom. The second kappa shape index (κ2) is 8.84. The first-order valence-corrected chi connectivity index (χ1v) is 8.08. The molecule has 1 aromatic carbocycles. The maximum Gasteiger partial charge on any atom is 0.259 e. The molecule has 7 nitrogen and oxygen atoms in total. The fraction of sp³-hybridized carbons (Fsp3) is 0.412. The van der Waals surface area contributed by atoms with Crippen molar-refractivity contribution in [2.45, 2.75) is 13.0 Å². The number of ether oxygens (including phenoxy) is 1. The molecule has 1 fully saturated rings. The van der Waals surface area contributed by atoms with Crippen LogP contribution in [0.15, 0.2) is 34.9 Å². The topological polar surface area (TPSA) is 93.6 Å². The lowest BCUT2D eigenvalue weighted by Gasteiger charge is -2.27. The van der Waals surface area contributed by atoms with E-state index < -0.39 is 0 Å². The molecular weight excluding hydrogens is 344 g/mol. The van der Waals surface area contributed by atoms with E-state index in [0.29, 0.717) is 50.0 Å². The standard InChI is InChI=1S/C17H22N4O3.ClH/c1-12(18)11-19-17(22)14-15(13-5-3-2-4-6-13)24-20-16(14)21-7-9-23-10-8-21;/h2-6,12H,7-11,18H2,1H3,(H,19,22);1H/t12-;/m0./s1. The van der Waals surface area contributed by atoms with E-state index in [0.717, 1.165) is 5.56 Å². The van der Waals surface area contributed by atoms with E-state index >= 15 is 0 Å². The van der Waals surface area contributed by atoms with Crippen molar-refractivity contribution in [2.24, 2.45) is 5.73 Å². The van der Waals surface area contributed by atoms with Crippen molar-refractivity contribution in [3.8, 4) is 11.3 Å². The highest BCUT2D eigenvalue weighted by molar-refractivity contribution is 6.04. The number of hydrogen-bond donors (Lipinski definition) is 2. The fourth-order valence-electron chi connectivity index (χ4n) is 2.61. The first kappa shape index (κ1) is 19.2. The van der Waals surface area contributed by atoms with Crippen LogP contribution in [0.25, 0.3) is 11.3 Å². The average Bonchev–Trinajstić information content (AvgIpc) is 3.06. The van der Waals surface area contributed by atoms with Gasteiger partial charge in [0.15, 0.2) is 11.6 Å². The summed E-state index contributed by atoms with van der Waals surface area (Å²) in [5, 5.41) is 7.02. The van der Waals surface area contributed by atoms with E-state index in [9.17, 15) is 4.79 Å². The lowest BCUT2D eigenvalue weighted by atomic mass is 10.1. The maximum atomic E-state index is 12.7. The molecule has 1 saturated heterocycles. The molecule has 2 aromatic rings. The van der Waals surface area contributed by atoms with Gasteiger partial charge in [0.25, 0.3) is 5.91 Å². The molecule has 3 N–H and O–H groups in total. The Labute approximate surface area is 152 Å². The Hall–Kier alpha value is -2.09. The number of aromatic nitrogens is 1. The monoisotopic (exact) mass is 366 g/mol. The summed E-state index contributed by atoms with van der Waals surface area (Å²) in [7, 11) is 0. The van der Waals surface area contributed by atoms with Crippen LogP contribution in [0.3, 0.4) is 0 Å². The Morgan fingerprint density at radius 1 is 1.32 bits per heavy atom. The molecule has 1 amide bonds. The van der Waals surface area contributed by atoms with Crippen LogP contribution in [0.2, 0.25) is 0 Å². The molecule has 136 valence electrons. The van der Waals surface area contributed by atoms with Crippen LogP contribution in [-0.4, -0.2) is 50.0 Å². The van der Waals surface area contributed by atoms with Crippen LogP contribution in [0.1, 0.15) is 17.3 Å². The minimum absolute atomic E-state index is 0. The van der Waals surface area contributed by atoms with E-state index in [1.807, 2.05) is 42.2 Å². The third-order valence-electron chi connectivity index (χ3n) is 3.83. The number of amides is 1. The first-order chi connectivity index (χ1) is 11.7. The van der Waals surface area contributed by atoms with Gasteiger partial charge in [-0.25, -0.2) is 0 Å². The third kappa shape index (κ3) is 4.50. The number of rotatable bonds is 5. The lowest BCUT2D eigenvalue weighted by Crippen LogP contribution is -2.39. The van der Waals surface area contributed by atoms with Gasteiger partial charge in [0.1, 0.15) is 5.56 Å². The van der Waals surface area contributed by atoms with Gasteiger partial charge >= 0.3 is 0 Å². The number of anilines is 1. The van der Waals surface area contributed by atoms with Gasteiger partial charge in [-0.2, -0.15) is 0 Å². The number of benzene rings is 1. The SMILES string of the molecule is C[C@H](N)CNC(=O)c1c(N2CCOCC2)noc1-c1ccccc1.Cl. The van der Waals surface area contributed by atoms with Crippen molar-refractivity contribution in [3.63, 3.8) is 0 Å². The van der Waals surface area contributed by atoms with Gasteiger partial charge in [-0.3, -0.25) is 4.79 Å². The molecule has 1 aromatic heterocycles. The molecule has 2 heterocycles. The third-order valence-corrected chi connectivity index (χ3v) is 3.83. The summed E-state index contributed by atoms with van der Waals surface area (Å²) in [5.41, 5.74) is 7.01. The van der Waals surface area contributed by atoms with E-state index in [4.69, 9.17) is 15.0 Å². The van der Waals surface area contributed by atoms with Crippen molar-refractivity contribution in [3.05, 3.63) is 35.9 Å². The lowest BCUT2D eigenvalue weighted by molar-refractivity contribution is 0.0950. The van der Waals surface area contributed by atoms with Gasteiger partial charge in [0, 0.05) is 31.2 Å². The molecular formula is C17H23ClN4O3. The Kier molecular flexibility index (Phi) is 6.81. The van der Waals surface area contributed by atoms with Crippen molar-refractivity contribution in [2.75, 3.05) is 37.7 Å². The van der Waals surface area contributed by atoms with Gasteiger partial charge < -0.3 is 25.2 Å². The second-order valence-corrected chi connectivity index (χ2v) is 5.86. The smallest absolute Gasteiger partial charge is 0.259 e. The molecule has 0 spiro atoms. The summed E-state index contributed by atoms with van der Waals surface area (Å²) in [6.07, 6.45) is 0. The molecule has 0 saturated carbocycles. The minimum Gasteiger partial charge on any atom is -0.378 e. The normalized spacial score (nSPS) is 15.4. The number of nitrogens with zero attached hydrogens (tertiary/aromatic N) is 2. The minimum atomic E-state index is -0.228. The number of carbonyl (C=O) groups is 1. The zero-order valence-corrected chi connectivity index (χ0v) is 14.9. The van der Waals surface area contributed by atoms with Crippen LogP contribution in [0, 0.1) is 0 Å². The number of carbonyl (C=O) groups excluding carboxylic acids is 1. The predicted octanol–water partition coefficient (Wildman–Crippen LogP) is 1.68. The van der Waals surface area contributed by atoms with Gasteiger partial charge in [-0.05, 0) is 6.92 Å². The molecule has 25 heavy (non-hydrogen) atoms. The predicted molar refractivity (Wildman–Crippen MR) is 98.2 cm³/mol. The van der Waals surface area contributed by atoms with Crippen molar-refractivity contribution in [1.82, 2.24) is 10.5 Å².